The van der Waals surface area contributed by atoms with Gasteiger partial charge in [-0.3, -0.25) is 9.69 Å². The third-order valence-corrected chi connectivity index (χ3v) is 4.36. The van der Waals surface area contributed by atoms with Crippen LogP contribution in [0.4, 0.5) is 0 Å². The molecule has 0 bridgehead atoms. The van der Waals surface area contributed by atoms with Gasteiger partial charge in [-0.15, -0.1) is 0 Å². The van der Waals surface area contributed by atoms with Gasteiger partial charge in [0.15, 0.2) is 0 Å². The molecular formula is C16H24N2O4. The zero-order valence-corrected chi connectivity index (χ0v) is 13.7. The number of esters is 1. The molecule has 6 heteroatoms. The lowest BCUT2D eigenvalue weighted by Crippen LogP contribution is -2.31. The van der Waals surface area contributed by atoms with Gasteiger partial charge in [0.25, 0.3) is 0 Å². The predicted octanol–water partition coefficient (Wildman–Crippen LogP) is 1.93. The van der Waals surface area contributed by atoms with Gasteiger partial charge in [-0.05, 0) is 38.4 Å². The van der Waals surface area contributed by atoms with E-state index in [9.17, 15) is 9.59 Å². The summed E-state index contributed by atoms with van der Waals surface area (Å²) in [6.07, 6.45) is 1.03. The minimum Gasteiger partial charge on any atom is -0.463 e. The number of ether oxygens (including phenoxy) is 1. The summed E-state index contributed by atoms with van der Waals surface area (Å²) in [4.78, 5) is 26.9. The molecule has 1 aliphatic heterocycles. The van der Waals surface area contributed by atoms with Crippen molar-refractivity contribution in [1.29, 1.82) is 0 Å². The van der Waals surface area contributed by atoms with Gasteiger partial charge in [0, 0.05) is 26.6 Å². The Hall–Kier alpha value is -1.82. The first kappa shape index (κ1) is 16.5. The van der Waals surface area contributed by atoms with Crippen LogP contribution in [0.3, 0.4) is 0 Å². The molecular weight excluding hydrogens is 284 g/mol. The van der Waals surface area contributed by atoms with Gasteiger partial charge < -0.3 is 14.1 Å². The Labute approximate surface area is 131 Å². The number of amides is 1. The fourth-order valence-corrected chi connectivity index (χ4v) is 2.84. The molecule has 2 heterocycles. The Kier molecular flexibility index (Phi) is 5.24. The Bertz CT molecular complexity index is 540. The molecule has 1 aliphatic rings. The van der Waals surface area contributed by atoms with Crippen molar-refractivity contribution in [2.45, 2.75) is 26.3 Å². The lowest BCUT2D eigenvalue weighted by atomic mass is 10.1. The van der Waals surface area contributed by atoms with E-state index in [0.29, 0.717) is 5.92 Å². The van der Waals surface area contributed by atoms with Gasteiger partial charge in [-0.2, -0.15) is 0 Å². The van der Waals surface area contributed by atoms with Crippen LogP contribution in [-0.4, -0.2) is 55.5 Å². The standard InChI is InChI=1S/C16H24N2O4/c1-11(14-5-6-15(22-14)16(20)21-4)17(3)9-13-7-8-18(10-13)12(2)19/h5-6,11,13H,7-10H2,1-4H3/t11-,13-/m0/s1. The van der Waals surface area contributed by atoms with Crippen molar-refractivity contribution in [2.24, 2.45) is 5.92 Å². The number of nitrogens with zero attached hydrogens (tertiary/aromatic N) is 2. The molecule has 2 rings (SSSR count). The van der Waals surface area contributed by atoms with Crippen LogP contribution in [0.15, 0.2) is 16.5 Å². The fourth-order valence-electron chi connectivity index (χ4n) is 2.84. The number of carbonyl (C=O) groups is 2. The Morgan fingerprint density at radius 2 is 2.23 bits per heavy atom. The van der Waals surface area contributed by atoms with E-state index in [1.807, 2.05) is 24.9 Å². The number of carbonyl (C=O) groups excluding carboxylic acids is 2. The first-order valence-corrected chi connectivity index (χ1v) is 7.56. The number of hydrogen-bond donors (Lipinski definition) is 0. The lowest BCUT2D eigenvalue weighted by molar-refractivity contribution is -0.127. The topological polar surface area (TPSA) is 63.0 Å². The predicted molar refractivity (Wildman–Crippen MR) is 81.5 cm³/mol. The van der Waals surface area contributed by atoms with Crippen LogP contribution in [0.2, 0.25) is 0 Å². The molecule has 2 atom stereocenters. The van der Waals surface area contributed by atoms with Crippen LogP contribution in [-0.2, 0) is 9.53 Å². The van der Waals surface area contributed by atoms with Crippen molar-refractivity contribution in [1.82, 2.24) is 9.80 Å². The van der Waals surface area contributed by atoms with Crippen LogP contribution < -0.4 is 0 Å². The van der Waals surface area contributed by atoms with Gasteiger partial charge in [-0.25, -0.2) is 4.79 Å². The molecule has 0 unspecified atom stereocenters. The summed E-state index contributed by atoms with van der Waals surface area (Å²) in [6.45, 7) is 6.20. The zero-order valence-electron chi connectivity index (χ0n) is 13.7. The number of methoxy groups -OCH3 is 1. The van der Waals surface area contributed by atoms with Gasteiger partial charge in [0.2, 0.25) is 11.7 Å². The average molecular weight is 308 g/mol. The average Bonchev–Trinajstić information content (AvgIpc) is 3.14. The normalized spacial score (nSPS) is 19.5. The van der Waals surface area contributed by atoms with E-state index in [1.165, 1.54) is 7.11 Å². The molecule has 0 aliphatic carbocycles. The summed E-state index contributed by atoms with van der Waals surface area (Å²) in [7, 11) is 3.36. The smallest absolute Gasteiger partial charge is 0.373 e. The second kappa shape index (κ2) is 6.96. The van der Waals surface area contributed by atoms with Crippen molar-refractivity contribution in [3.8, 4) is 0 Å². The maximum absolute atomic E-state index is 11.4. The SMILES string of the molecule is COC(=O)c1ccc([C@H](C)N(C)C[C@@H]2CCN(C(C)=O)C2)o1. The third-order valence-electron chi connectivity index (χ3n) is 4.36. The van der Waals surface area contributed by atoms with Crippen LogP contribution in [0, 0.1) is 5.92 Å². The summed E-state index contributed by atoms with van der Waals surface area (Å²) in [5, 5.41) is 0. The third kappa shape index (κ3) is 3.68. The van der Waals surface area contributed by atoms with Crippen LogP contribution in [0.5, 0.6) is 0 Å². The molecule has 0 N–H and O–H groups in total. The Morgan fingerprint density at radius 3 is 2.82 bits per heavy atom. The zero-order chi connectivity index (χ0) is 16.3. The van der Waals surface area contributed by atoms with E-state index in [4.69, 9.17) is 4.42 Å². The second-order valence-corrected chi connectivity index (χ2v) is 5.93. The summed E-state index contributed by atoms with van der Waals surface area (Å²) < 4.78 is 10.2. The van der Waals surface area contributed by atoms with Gasteiger partial charge in [0.1, 0.15) is 5.76 Å². The number of rotatable bonds is 5. The highest BCUT2D eigenvalue weighted by molar-refractivity contribution is 5.86. The molecule has 0 spiro atoms. The van der Waals surface area contributed by atoms with Gasteiger partial charge >= 0.3 is 5.97 Å². The monoisotopic (exact) mass is 308 g/mol. The van der Waals surface area contributed by atoms with E-state index >= 15 is 0 Å². The number of hydrogen-bond acceptors (Lipinski definition) is 5. The lowest BCUT2D eigenvalue weighted by Gasteiger charge is -2.26. The maximum Gasteiger partial charge on any atom is 0.373 e. The molecule has 0 radical (unpaired) electrons. The summed E-state index contributed by atoms with van der Waals surface area (Å²) in [6, 6.07) is 3.51. The van der Waals surface area contributed by atoms with Crippen LogP contribution in [0.1, 0.15) is 42.6 Å². The van der Waals surface area contributed by atoms with Crippen molar-refractivity contribution >= 4 is 11.9 Å². The quantitative estimate of drug-likeness (QED) is 0.778. The Morgan fingerprint density at radius 1 is 1.50 bits per heavy atom. The minimum absolute atomic E-state index is 0.0600. The maximum atomic E-state index is 11.4. The molecule has 6 nitrogen and oxygen atoms in total. The minimum atomic E-state index is -0.464. The summed E-state index contributed by atoms with van der Waals surface area (Å²) in [5.41, 5.74) is 0. The molecule has 1 saturated heterocycles. The van der Waals surface area contributed by atoms with Crippen molar-refractivity contribution in [3.05, 3.63) is 23.7 Å². The van der Waals surface area contributed by atoms with Crippen LogP contribution in [0.25, 0.3) is 0 Å². The highest BCUT2D eigenvalue weighted by Crippen LogP contribution is 2.25. The molecule has 1 aromatic rings. The van der Waals surface area contributed by atoms with E-state index in [1.54, 1.807) is 13.0 Å². The van der Waals surface area contributed by atoms with E-state index < -0.39 is 5.97 Å². The first-order valence-electron chi connectivity index (χ1n) is 7.56. The van der Waals surface area contributed by atoms with Crippen molar-refractivity contribution < 1.29 is 18.7 Å². The van der Waals surface area contributed by atoms with Crippen molar-refractivity contribution in [3.63, 3.8) is 0 Å². The van der Waals surface area contributed by atoms with E-state index in [-0.39, 0.29) is 17.7 Å². The van der Waals surface area contributed by atoms with Gasteiger partial charge in [-0.1, -0.05) is 0 Å². The second-order valence-electron chi connectivity index (χ2n) is 5.93. The number of likely N-dealkylation sites (tertiary alicyclic amines) is 1. The fraction of sp³-hybridized carbons (Fsp3) is 0.625. The van der Waals surface area contributed by atoms with Crippen molar-refractivity contribution in [2.75, 3.05) is 33.8 Å². The molecule has 22 heavy (non-hydrogen) atoms. The molecule has 0 aromatic carbocycles. The molecule has 1 amide bonds. The summed E-state index contributed by atoms with van der Waals surface area (Å²) in [5.74, 6) is 1.12. The first-order chi connectivity index (χ1) is 10.4. The summed E-state index contributed by atoms with van der Waals surface area (Å²) >= 11 is 0. The molecule has 1 fully saturated rings. The van der Waals surface area contributed by atoms with Crippen LogP contribution >= 0.6 is 0 Å². The molecule has 122 valence electrons. The van der Waals surface area contributed by atoms with Gasteiger partial charge in [0.05, 0.1) is 13.2 Å². The Balaban J connectivity index is 1.92. The van der Waals surface area contributed by atoms with E-state index in [0.717, 1.165) is 31.8 Å². The number of furan rings is 1. The highest BCUT2D eigenvalue weighted by atomic mass is 16.5. The molecule has 0 saturated carbocycles. The highest BCUT2D eigenvalue weighted by Gasteiger charge is 2.27. The van der Waals surface area contributed by atoms with E-state index in [2.05, 4.69) is 9.64 Å². The largest absolute Gasteiger partial charge is 0.463 e. The molecule has 1 aromatic heterocycles.